The Morgan fingerprint density at radius 2 is 1.88 bits per heavy atom. The molecule has 0 bridgehead atoms. The molecule has 2 N–H and O–H groups in total. The van der Waals surface area contributed by atoms with Crippen molar-refractivity contribution in [2.24, 2.45) is 0 Å². The molecule has 0 aromatic carbocycles. The summed E-state index contributed by atoms with van der Waals surface area (Å²) in [4.78, 5) is 13.7. The molecule has 4 nitrogen and oxygen atoms in total. The lowest BCUT2D eigenvalue weighted by molar-refractivity contribution is -0.145. The number of hydrogen-bond acceptors (Lipinski definition) is 3. The van der Waals surface area contributed by atoms with Crippen molar-refractivity contribution in [3.63, 3.8) is 0 Å². The van der Waals surface area contributed by atoms with E-state index in [1.165, 1.54) is 0 Å². The van der Waals surface area contributed by atoms with Crippen LogP contribution >= 0.6 is 0 Å². The van der Waals surface area contributed by atoms with Crippen LogP contribution in [0.5, 0.6) is 0 Å². The first kappa shape index (κ1) is 16.4. The number of hydrogen-bond donors (Lipinski definition) is 2. The topological polar surface area (TPSA) is 52.6 Å². The van der Waals surface area contributed by atoms with E-state index < -0.39 is 11.5 Å². The van der Waals surface area contributed by atoms with Gasteiger partial charge in [-0.2, -0.15) is 0 Å². The van der Waals surface area contributed by atoms with Gasteiger partial charge >= 0.3 is 5.97 Å². The fourth-order valence-corrected chi connectivity index (χ4v) is 2.20. The van der Waals surface area contributed by atoms with Crippen molar-refractivity contribution in [1.29, 1.82) is 0 Å². The molecule has 0 aliphatic rings. The highest BCUT2D eigenvalue weighted by Crippen LogP contribution is 2.17. The lowest BCUT2D eigenvalue weighted by atomic mass is 9.92. The predicted molar refractivity (Wildman–Crippen MR) is 71.3 cm³/mol. The van der Waals surface area contributed by atoms with Gasteiger partial charge in [0.15, 0.2) is 0 Å². The van der Waals surface area contributed by atoms with E-state index in [4.69, 9.17) is 0 Å². The molecule has 0 heterocycles. The number of nitrogens with zero attached hydrogens (tertiary/aromatic N) is 1. The van der Waals surface area contributed by atoms with Crippen LogP contribution in [0.4, 0.5) is 0 Å². The average Bonchev–Trinajstić information content (AvgIpc) is 2.27. The standard InChI is InChI=1S/C13H28N2O2/c1-6-9-14-13(5,12(16)17)10-11(4)15(7-2)8-3/h11,14H,6-10H2,1-5H3,(H,16,17). The summed E-state index contributed by atoms with van der Waals surface area (Å²) in [6.45, 7) is 12.8. The Hall–Kier alpha value is -0.610. The maximum absolute atomic E-state index is 11.4. The van der Waals surface area contributed by atoms with E-state index in [9.17, 15) is 9.90 Å². The molecule has 0 spiro atoms. The van der Waals surface area contributed by atoms with Crippen LogP contribution in [0.1, 0.15) is 47.5 Å². The van der Waals surface area contributed by atoms with Crippen molar-refractivity contribution in [2.75, 3.05) is 19.6 Å². The molecule has 2 atom stereocenters. The molecule has 102 valence electrons. The van der Waals surface area contributed by atoms with Crippen molar-refractivity contribution < 1.29 is 9.90 Å². The summed E-state index contributed by atoms with van der Waals surface area (Å²) in [6, 6.07) is 0.274. The van der Waals surface area contributed by atoms with Gasteiger partial charge in [-0.3, -0.25) is 4.79 Å². The van der Waals surface area contributed by atoms with Gasteiger partial charge in [0.2, 0.25) is 0 Å². The minimum Gasteiger partial charge on any atom is -0.480 e. The molecule has 0 aliphatic heterocycles. The first-order valence-corrected chi connectivity index (χ1v) is 6.63. The first-order valence-electron chi connectivity index (χ1n) is 6.63. The zero-order valence-electron chi connectivity index (χ0n) is 11.9. The van der Waals surface area contributed by atoms with Crippen molar-refractivity contribution in [3.8, 4) is 0 Å². The Morgan fingerprint density at radius 1 is 1.35 bits per heavy atom. The minimum absolute atomic E-state index is 0.274. The molecule has 0 saturated heterocycles. The molecule has 0 aliphatic carbocycles. The molecule has 2 unspecified atom stereocenters. The molecule has 0 amide bonds. The zero-order valence-corrected chi connectivity index (χ0v) is 11.9. The number of carbonyl (C=O) groups is 1. The number of nitrogens with one attached hydrogen (secondary N) is 1. The summed E-state index contributed by atoms with van der Waals surface area (Å²) >= 11 is 0. The number of aliphatic carboxylic acids is 1. The van der Waals surface area contributed by atoms with Crippen molar-refractivity contribution >= 4 is 5.97 Å². The Balaban J connectivity index is 4.57. The van der Waals surface area contributed by atoms with E-state index >= 15 is 0 Å². The molecular weight excluding hydrogens is 216 g/mol. The van der Waals surface area contributed by atoms with Gasteiger partial charge < -0.3 is 15.3 Å². The summed E-state index contributed by atoms with van der Waals surface area (Å²) in [6.07, 6.45) is 1.58. The van der Waals surface area contributed by atoms with Gasteiger partial charge in [0.25, 0.3) is 0 Å². The molecule has 0 radical (unpaired) electrons. The lowest BCUT2D eigenvalue weighted by Gasteiger charge is -2.34. The van der Waals surface area contributed by atoms with Gasteiger partial charge in [0, 0.05) is 6.04 Å². The van der Waals surface area contributed by atoms with Crippen molar-refractivity contribution in [3.05, 3.63) is 0 Å². The lowest BCUT2D eigenvalue weighted by Crippen LogP contribution is -2.53. The van der Waals surface area contributed by atoms with Crippen LogP contribution in [0.3, 0.4) is 0 Å². The van der Waals surface area contributed by atoms with Gasteiger partial charge in [-0.25, -0.2) is 0 Å². The summed E-state index contributed by atoms with van der Waals surface area (Å²) in [5, 5.41) is 12.5. The van der Waals surface area contributed by atoms with Gasteiger partial charge in [0.05, 0.1) is 0 Å². The van der Waals surface area contributed by atoms with Crippen LogP contribution in [0.2, 0.25) is 0 Å². The molecule has 0 aromatic rings. The second kappa shape index (κ2) is 7.67. The maximum Gasteiger partial charge on any atom is 0.323 e. The molecule has 0 rings (SSSR count). The van der Waals surface area contributed by atoms with Crippen LogP contribution in [-0.2, 0) is 4.79 Å². The summed E-state index contributed by atoms with van der Waals surface area (Å²) in [5.41, 5.74) is -0.821. The quantitative estimate of drug-likeness (QED) is 0.651. The SMILES string of the molecule is CCCNC(C)(CC(C)N(CC)CC)C(=O)O. The third-order valence-corrected chi connectivity index (χ3v) is 3.38. The van der Waals surface area contributed by atoms with E-state index in [0.717, 1.165) is 26.1 Å². The number of rotatable bonds is 9. The third kappa shape index (κ3) is 5.04. The predicted octanol–water partition coefficient (Wildman–Crippen LogP) is 1.95. The molecule has 0 saturated carbocycles. The van der Waals surface area contributed by atoms with E-state index in [-0.39, 0.29) is 6.04 Å². The largest absolute Gasteiger partial charge is 0.480 e. The van der Waals surface area contributed by atoms with E-state index in [1.54, 1.807) is 6.92 Å². The normalized spacial score (nSPS) is 16.8. The van der Waals surface area contributed by atoms with Crippen molar-refractivity contribution in [2.45, 2.75) is 59.0 Å². The van der Waals surface area contributed by atoms with Crippen LogP contribution < -0.4 is 5.32 Å². The Bertz CT molecular complexity index is 229. The fourth-order valence-electron chi connectivity index (χ4n) is 2.20. The summed E-state index contributed by atoms with van der Waals surface area (Å²) < 4.78 is 0. The van der Waals surface area contributed by atoms with Crippen molar-refractivity contribution in [1.82, 2.24) is 10.2 Å². The highest BCUT2D eigenvalue weighted by atomic mass is 16.4. The van der Waals surface area contributed by atoms with Crippen LogP contribution in [0.15, 0.2) is 0 Å². The highest BCUT2D eigenvalue weighted by Gasteiger charge is 2.34. The van der Waals surface area contributed by atoms with Crippen LogP contribution in [0, 0.1) is 0 Å². The molecular formula is C13H28N2O2. The molecule has 17 heavy (non-hydrogen) atoms. The number of carboxylic acid groups (broad SMARTS) is 1. The molecule has 0 aromatic heterocycles. The number of carboxylic acids is 1. The highest BCUT2D eigenvalue weighted by molar-refractivity contribution is 5.78. The van der Waals surface area contributed by atoms with Crippen LogP contribution in [-0.4, -0.2) is 47.2 Å². The van der Waals surface area contributed by atoms with E-state index in [0.29, 0.717) is 6.42 Å². The third-order valence-electron chi connectivity index (χ3n) is 3.38. The summed E-state index contributed by atoms with van der Waals surface area (Å²) in [5.74, 6) is -0.759. The smallest absolute Gasteiger partial charge is 0.323 e. The Morgan fingerprint density at radius 3 is 2.24 bits per heavy atom. The summed E-state index contributed by atoms with van der Waals surface area (Å²) in [7, 11) is 0. The zero-order chi connectivity index (χ0) is 13.5. The van der Waals surface area contributed by atoms with Crippen LogP contribution in [0.25, 0.3) is 0 Å². The fraction of sp³-hybridized carbons (Fsp3) is 0.923. The Kier molecular flexibility index (Phi) is 7.39. The van der Waals surface area contributed by atoms with E-state index in [2.05, 4.69) is 31.0 Å². The van der Waals surface area contributed by atoms with Gasteiger partial charge in [-0.15, -0.1) is 0 Å². The monoisotopic (exact) mass is 244 g/mol. The average molecular weight is 244 g/mol. The van der Waals surface area contributed by atoms with Gasteiger partial charge in [-0.1, -0.05) is 20.8 Å². The second-order valence-corrected chi connectivity index (χ2v) is 4.84. The van der Waals surface area contributed by atoms with Gasteiger partial charge in [-0.05, 0) is 46.3 Å². The van der Waals surface area contributed by atoms with Gasteiger partial charge in [0.1, 0.15) is 5.54 Å². The first-order chi connectivity index (χ1) is 7.91. The molecule has 0 fully saturated rings. The Labute approximate surface area is 105 Å². The second-order valence-electron chi connectivity index (χ2n) is 4.84. The molecule has 4 heteroatoms. The minimum atomic E-state index is -0.821. The maximum atomic E-state index is 11.4. The van der Waals surface area contributed by atoms with E-state index in [1.807, 2.05) is 6.92 Å².